The highest BCUT2D eigenvalue weighted by atomic mass is 16.6. The monoisotopic (exact) mass is 250 g/mol. The average Bonchev–Trinajstić information content (AvgIpc) is 2.34. The van der Waals surface area contributed by atoms with Crippen molar-refractivity contribution in [2.24, 2.45) is 29.6 Å². The number of carbonyl (C=O) groups excluding carboxylic acids is 1. The molecule has 4 fully saturated rings. The first kappa shape index (κ1) is 12.5. The van der Waals surface area contributed by atoms with Crippen molar-refractivity contribution >= 4 is 5.97 Å². The molecule has 4 aliphatic rings. The maximum Gasteiger partial charge on any atom is 0.309 e. The van der Waals surface area contributed by atoms with E-state index >= 15 is 0 Å². The van der Waals surface area contributed by atoms with Gasteiger partial charge in [-0.25, -0.2) is 0 Å². The number of carbonyl (C=O) groups is 1. The minimum atomic E-state index is -0.145. The van der Waals surface area contributed by atoms with Gasteiger partial charge in [0.15, 0.2) is 0 Å². The molecule has 0 spiro atoms. The van der Waals surface area contributed by atoms with E-state index < -0.39 is 0 Å². The molecule has 0 aliphatic heterocycles. The van der Waals surface area contributed by atoms with E-state index in [0.717, 1.165) is 18.3 Å². The fourth-order valence-electron chi connectivity index (χ4n) is 4.77. The third-order valence-corrected chi connectivity index (χ3v) is 6.09. The fourth-order valence-corrected chi connectivity index (χ4v) is 4.77. The molecule has 4 saturated carbocycles. The van der Waals surface area contributed by atoms with Gasteiger partial charge in [0.25, 0.3) is 0 Å². The van der Waals surface area contributed by atoms with Crippen LogP contribution in [0.2, 0.25) is 0 Å². The lowest BCUT2D eigenvalue weighted by Gasteiger charge is -2.59. The summed E-state index contributed by atoms with van der Waals surface area (Å²) in [5.74, 6) is 3.24. The van der Waals surface area contributed by atoms with Crippen molar-refractivity contribution in [3.63, 3.8) is 0 Å². The summed E-state index contributed by atoms with van der Waals surface area (Å²) in [6.45, 7) is 6.27. The topological polar surface area (TPSA) is 26.3 Å². The zero-order chi connectivity index (χ0) is 12.9. The Bertz CT molecular complexity index is 319. The summed E-state index contributed by atoms with van der Waals surface area (Å²) in [6, 6.07) is 0. The summed E-state index contributed by atoms with van der Waals surface area (Å²) in [4.78, 5) is 12.1. The number of esters is 1. The first-order valence-electron chi connectivity index (χ1n) is 7.75. The summed E-state index contributed by atoms with van der Waals surface area (Å²) in [5, 5.41) is 0. The highest BCUT2D eigenvalue weighted by molar-refractivity contribution is 5.72. The molecule has 1 atom stereocenters. The van der Waals surface area contributed by atoms with Crippen LogP contribution in [0.1, 0.15) is 59.3 Å². The second-order valence-corrected chi connectivity index (χ2v) is 7.22. The molecule has 4 bridgehead atoms. The lowest BCUT2D eigenvalue weighted by Crippen LogP contribution is -2.58. The molecule has 2 nitrogen and oxygen atoms in total. The molecule has 0 radical (unpaired) electrons. The number of ether oxygens (including phenoxy) is 1. The summed E-state index contributed by atoms with van der Waals surface area (Å²) in [7, 11) is 0. The maximum atomic E-state index is 12.1. The van der Waals surface area contributed by atoms with Crippen LogP contribution in [0.3, 0.4) is 0 Å². The molecular formula is C16H26O2. The Morgan fingerprint density at radius 1 is 1.17 bits per heavy atom. The van der Waals surface area contributed by atoms with E-state index in [1.165, 1.54) is 32.1 Å². The molecule has 0 aromatic rings. The molecule has 0 heterocycles. The molecule has 18 heavy (non-hydrogen) atoms. The van der Waals surface area contributed by atoms with E-state index in [1.807, 2.05) is 6.92 Å². The van der Waals surface area contributed by atoms with Crippen molar-refractivity contribution in [3.8, 4) is 0 Å². The van der Waals surface area contributed by atoms with Crippen LogP contribution in [0.4, 0.5) is 0 Å². The van der Waals surface area contributed by atoms with Crippen LogP contribution in [-0.2, 0) is 9.53 Å². The normalized spacial score (nSPS) is 47.1. The van der Waals surface area contributed by atoms with Crippen molar-refractivity contribution in [2.45, 2.75) is 64.9 Å². The molecule has 0 aromatic carbocycles. The molecule has 0 aromatic heterocycles. The standard InChI is InChI=1S/C16H26O2/c1-4-10(2)15(17)18-16(3)13-6-11-5-12(8-13)9-14(16)7-11/h10-14H,4-9H2,1-3H3. The van der Waals surface area contributed by atoms with Gasteiger partial charge in [-0.05, 0) is 69.1 Å². The minimum Gasteiger partial charge on any atom is -0.459 e. The van der Waals surface area contributed by atoms with E-state index in [-0.39, 0.29) is 17.5 Å². The van der Waals surface area contributed by atoms with Crippen molar-refractivity contribution < 1.29 is 9.53 Å². The van der Waals surface area contributed by atoms with Crippen molar-refractivity contribution in [3.05, 3.63) is 0 Å². The van der Waals surface area contributed by atoms with Gasteiger partial charge in [-0.2, -0.15) is 0 Å². The molecule has 4 rings (SSSR count). The van der Waals surface area contributed by atoms with Gasteiger partial charge in [0.1, 0.15) is 5.60 Å². The van der Waals surface area contributed by atoms with Gasteiger partial charge >= 0.3 is 5.97 Å². The predicted octanol–water partition coefficient (Wildman–Crippen LogP) is 3.79. The van der Waals surface area contributed by atoms with Gasteiger partial charge in [-0.1, -0.05) is 13.8 Å². The molecule has 102 valence electrons. The SMILES string of the molecule is CCC(C)C(=O)OC1(C)C2CC3CC(C2)CC1C3. The number of hydrogen-bond acceptors (Lipinski definition) is 2. The summed E-state index contributed by atoms with van der Waals surface area (Å²) in [6.07, 6.45) is 7.54. The van der Waals surface area contributed by atoms with E-state index in [0.29, 0.717) is 11.8 Å². The van der Waals surface area contributed by atoms with E-state index in [4.69, 9.17) is 4.74 Å². The minimum absolute atomic E-state index is 0.0347. The zero-order valence-corrected chi connectivity index (χ0v) is 11.9. The van der Waals surface area contributed by atoms with Crippen LogP contribution < -0.4 is 0 Å². The molecule has 0 N–H and O–H groups in total. The second-order valence-electron chi connectivity index (χ2n) is 7.22. The molecule has 1 unspecified atom stereocenters. The Kier molecular flexibility index (Phi) is 2.95. The lowest BCUT2D eigenvalue weighted by molar-refractivity contribution is -0.206. The Balaban J connectivity index is 1.76. The lowest BCUT2D eigenvalue weighted by atomic mass is 9.50. The van der Waals surface area contributed by atoms with Crippen LogP contribution >= 0.6 is 0 Å². The Labute approximate surface area is 110 Å². The predicted molar refractivity (Wildman–Crippen MR) is 71.0 cm³/mol. The first-order valence-corrected chi connectivity index (χ1v) is 7.75. The molecule has 4 aliphatic carbocycles. The quantitative estimate of drug-likeness (QED) is 0.712. The fraction of sp³-hybridized carbons (Fsp3) is 0.938. The van der Waals surface area contributed by atoms with Crippen molar-refractivity contribution in [1.82, 2.24) is 0 Å². The Morgan fingerprint density at radius 3 is 2.11 bits per heavy atom. The molecular weight excluding hydrogens is 224 g/mol. The van der Waals surface area contributed by atoms with Crippen LogP contribution in [0, 0.1) is 29.6 Å². The van der Waals surface area contributed by atoms with Gasteiger partial charge in [0, 0.05) is 0 Å². The van der Waals surface area contributed by atoms with Gasteiger partial charge < -0.3 is 4.74 Å². The highest BCUT2D eigenvalue weighted by Gasteiger charge is 2.57. The van der Waals surface area contributed by atoms with E-state index in [1.54, 1.807) is 0 Å². The van der Waals surface area contributed by atoms with Crippen molar-refractivity contribution in [2.75, 3.05) is 0 Å². The van der Waals surface area contributed by atoms with Crippen molar-refractivity contribution in [1.29, 1.82) is 0 Å². The van der Waals surface area contributed by atoms with Gasteiger partial charge in [0.2, 0.25) is 0 Å². The Hall–Kier alpha value is -0.530. The zero-order valence-electron chi connectivity index (χ0n) is 11.9. The Morgan fingerprint density at radius 2 is 1.67 bits per heavy atom. The summed E-state index contributed by atoms with van der Waals surface area (Å²) in [5.41, 5.74) is -0.145. The van der Waals surface area contributed by atoms with E-state index in [9.17, 15) is 4.79 Å². The number of rotatable bonds is 3. The van der Waals surface area contributed by atoms with Crippen LogP contribution in [0.25, 0.3) is 0 Å². The molecule has 0 amide bonds. The van der Waals surface area contributed by atoms with Gasteiger partial charge in [0.05, 0.1) is 5.92 Å². The summed E-state index contributed by atoms with van der Waals surface area (Å²) >= 11 is 0. The van der Waals surface area contributed by atoms with E-state index in [2.05, 4.69) is 13.8 Å². The third-order valence-electron chi connectivity index (χ3n) is 6.09. The van der Waals surface area contributed by atoms with Crippen LogP contribution in [0.15, 0.2) is 0 Å². The van der Waals surface area contributed by atoms with Crippen LogP contribution in [0.5, 0.6) is 0 Å². The maximum absolute atomic E-state index is 12.1. The third kappa shape index (κ3) is 1.80. The second kappa shape index (κ2) is 4.25. The largest absolute Gasteiger partial charge is 0.459 e. The average molecular weight is 250 g/mol. The van der Waals surface area contributed by atoms with Gasteiger partial charge in [-0.3, -0.25) is 4.79 Å². The smallest absolute Gasteiger partial charge is 0.309 e. The summed E-state index contributed by atoms with van der Waals surface area (Å²) < 4.78 is 6.03. The molecule has 2 heteroatoms. The van der Waals surface area contributed by atoms with Crippen LogP contribution in [-0.4, -0.2) is 11.6 Å². The first-order chi connectivity index (χ1) is 8.53. The van der Waals surface area contributed by atoms with Gasteiger partial charge in [-0.15, -0.1) is 0 Å². The number of hydrogen-bond donors (Lipinski definition) is 0. The molecule has 0 saturated heterocycles. The highest BCUT2D eigenvalue weighted by Crippen LogP contribution is 2.59.